The van der Waals surface area contributed by atoms with Crippen LogP contribution in [0.15, 0.2) is 30.6 Å². The van der Waals surface area contributed by atoms with Crippen molar-refractivity contribution in [3.05, 3.63) is 30.6 Å². The second-order valence-electron chi connectivity index (χ2n) is 1.02. The fraction of sp³-hybridized carbons (Fsp3) is 0. The van der Waals surface area contributed by atoms with Gasteiger partial charge in [-0.15, -0.1) is 24.0 Å². The van der Waals surface area contributed by atoms with Crippen molar-refractivity contribution < 1.29 is 75.6 Å². The van der Waals surface area contributed by atoms with E-state index in [-0.39, 0.29) is 99.6 Å². The van der Waals surface area contributed by atoms with Crippen LogP contribution in [0, 0.1) is 0 Å². The standard InChI is InChI=1S/C5H5N.Hg.3HI/c1-2-4-6-5-3-1;;;;/h1-5H;;3*1H/q;+2;;;/p-2. The number of hydrogen-bond donors (Lipinski definition) is 0. The van der Waals surface area contributed by atoms with Crippen LogP contribution in [0.4, 0.5) is 0 Å². The van der Waals surface area contributed by atoms with Gasteiger partial charge in [-0.25, -0.2) is 0 Å². The largest absolute Gasteiger partial charge is 2.00 e. The molecular formula is C5H6HgI3N. The molecule has 54 valence electrons. The molecule has 1 rings (SSSR count). The van der Waals surface area contributed by atoms with E-state index >= 15 is 0 Å². The van der Waals surface area contributed by atoms with Gasteiger partial charge >= 0.3 is 27.7 Å². The number of pyridine rings is 1. The molecule has 0 aliphatic rings. The first-order valence-corrected chi connectivity index (χ1v) is 1.85. The zero-order valence-corrected chi connectivity index (χ0v) is 17.3. The number of halogens is 3. The second kappa shape index (κ2) is 17.4. The summed E-state index contributed by atoms with van der Waals surface area (Å²) in [5.41, 5.74) is 0. The fourth-order valence-corrected chi connectivity index (χ4v) is 0.313. The molecule has 0 fully saturated rings. The minimum absolute atomic E-state index is 0. The van der Waals surface area contributed by atoms with E-state index in [1.54, 1.807) is 12.4 Å². The van der Waals surface area contributed by atoms with Crippen molar-refractivity contribution in [3.63, 3.8) is 0 Å². The molecule has 0 aliphatic carbocycles. The number of rotatable bonds is 0. The van der Waals surface area contributed by atoms with Gasteiger partial charge in [-0.05, 0) is 12.1 Å². The third-order valence-corrected chi connectivity index (χ3v) is 0.566. The Kier molecular flexibility index (Phi) is 39.6. The van der Waals surface area contributed by atoms with Gasteiger partial charge in [-0.2, -0.15) is 0 Å². The molecule has 0 N–H and O–H groups in total. The Morgan fingerprint density at radius 2 is 1.20 bits per heavy atom. The molecule has 0 amide bonds. The Morgan fingerprint density at radius 3 is 1.30 bits per heavy atom. The monoisotopic (exact) mass is 663 g/mol. The summed E-state index contributed by atoms with van der Waals surface area (Å²) >= 11 is 0. The molecule has 0 saturated carbocycles. The second-order valence-corrected chi connectivity index (χ2v) is 1.02. The van der Waals surface area contributed by atoms with Crippen molar-refractivity contribution in [2.24, 2.45) is 0 Å². The van der Waals surface area contributed by atoms with Crippen LogP contribution in [-0.4, -0.2) is 4.98 Å². The van der Waals surface area contributed by atoms with Gasteiger partial charge in [0.25, 0.3) is 0 Å². The predicted octanol–water partition coefficient (Wildman–Crippen LogP) is -4.29. The van der Waals surface area contributed by atoms with Crippen molar-refractivity contribution in [3.8, 4) is 0 Å². The van der Waals surface area contributed by atoms with Crippen molar-refractivity contribution in [2.45, 2.75) is 0 Å². The summed E-state index contributed by atoms with van der Waals surface area (Å²) < 4.78 is 0. The van der Waals surface area contributed by atoms with Crippen LogP contribution in [0.5, 0.6) is 0 Å². The van der Waals surface area contributed by atoms with Gasteiger partial charge in [0.05, 0.1) is 0 Å². The van der Waals surface area contributed by atoms with Gasteiger partial charge in [0.2, 0.25) is 0 Å². The molecule has 0 aliphatic heterocycles. The Labute approximate surface area is 133 Å². The minimum Gasteiger partial charge on any atom is -1.00 e. The van der Waals surface area contributed by atoms with Crippen molar-refractivity contribution in [1.82, 2.24) is 4.98 Å². The van der Waals surface area contributed by atoms with E-state index in [0.717, 1.165) is 0 Å². The Morgan fingerprint density at radius 1 is 0.800 bits per heavy atom. The first kappa shape index (κ1) is 22.8. The molecule has 10 heavy (non-hydrogen) atoms. The van der Waals surface area contributed by atoms with E-state index in [2.05, 4.69) is 4.98 Å². The molecule has 0 saturated heterocycles. The van der Waals surface area contributed by atoms with Gasteiger partial charge in [-0.3, -0.25) is 4.98 Å². The first-order valence-electron chi connectivity index (χ1n) is 1.85. The molecule has 0 unspecified atom stereocenters. The van der Waals surface area contributed by atoms with Gasteiger partial charge < -0.3 is 48.0 Å². The maximum absolute atomic E-state index is 3.78. The minimum atomic E-state index is 0. The molecule has 1 nitrogen and oxygen atoms in total. The average Bonchev–Trinajstić information content (AvgIpc) is 1.72. The quantitative estimate of drug-likeness (QED) is 0.203. The van der Waals surface area contributed by atoms with Crippen molar-refractivity contribution in [1.29, 1.82) is 0 Å². The molecule has 1 aromatic heterocycles. The van der Waals surface area contributed by atoms with Crippen LogP contribution in [0.3, 0.4) is 0 Å². The van der Waals surface area contributed by atoms with Crippen molar-refractivity contribution >= 4 is 24.0 Å². The Bertz CT molecular complexity index is 88.8. The normalized spacial score (nSPS) is 4.80. The van der Waals surface area contributed by atoms with Gasteiger partial charge in [0.15, 0.2) is 0 Å². The van der Waals surface area contributed by atoms with E-state index in [0.29, 0.717) is 0 Å². The number of aromatic nitrogens is 1. The van der Waals surface area contributed by atoms with Crippen LogP contribution in [0.2, 0.25) is 0 Å². The van der Waals surface area contributed by atoms with Crippen LogP contribution >= 0.6 is 24.0 Å². The van der Waals surface area contributed by atoms with E-state index in [1.807, 2.05) is 18.2 Å². The molecule has 1 aromatic rings. The van der Waals surface area contributed by atoms with Crippen LogP contribution < -0.4 is 48.0 Å². The molecule has 0 atom stereocenters. The van der Waals surface area contributed by atoms with Crippen LogP contribution in [0.25, 0.3) is 0 Å². The number of nitrogens with zero attached hydrogens (tertiary/aromatic N) is 1. The third kappa shape index (κ3) is 12.9. The van der Waals surface area contributed by atoms with E-state index in [9.17, 15) is 0 Å². The summed E-state index contributed by atoms with van der Waals surface area (Å²) in [6, 6.07) is 5.72. The zero-order valence-electron chi connectivity index (χ0n) is 5.21. The maximum Gasteiger partial charge on any atom is 2.00 e. The topological polar surface area (TPSA) is 12.9 Å². The summed E-state index contributed by atoms with van der Waals surface area (Å²) in [5.74, 6) is 0. The van der Waals surface area contributed by atoms with Crippen molar-refractivity contribution in [2.75, 3.05) is 0 Å². The molecule has 0 radical (unpaired) electrons. The van der Waals surface area contributed by atoms with E-state index in [1.165, 1.54) is 0 Å². The Hall–Kier alpha value is 2.28. The van der Waals surface area contributed by atoms with Gasteiger partial charge in [-0.1, -0.05) is 6.07 Å². The number of hydrogen-bond acceptors (Lipinski definition) is 1. The van der Waals surface area contributed by atoms with E-state index < -0.39 is 0 Å². The molecule has 5 heteroatoms. The van der Waals surface area contributed by atoms with Gasteiger partial charge in [0.1, 0.15) is 0 Å². The summed E-state index contributed by atoms with van der Waals surface area (Å²) in [6.45, 7) is 0. The van der Waals surface area contributed by atoms with Gasteiger partial charge in [0, 0.05) is 12.4 Å². The maximum atomic E-state index is 3.78. The summed E-state index contributed by atoms with van der Waals surface area (Å²) in [5, 5.41) is 0. The fourth-order valence-electron chi connectivity index (χ4n) is 0.313. The molecule has 1 heterocycles. The molecule has 0 spiro atoms. The summed E-state index contributed by atoms with van der Waals surface area (Å²) in [6.07, 6.45) is 3.50. The molecule has 0 aromatic carbocycles. The smallest absolute Gasteiger partial charge is 1.00 e. The Balaban J connectivity index is -0.0000000450. The van der Waals surface area contributed by atoms with E-state index in [4.69, 9.17) is 0 Å². The molecule has 0 bridgehead atoms. The average molecular weight is 661 g/mol. The predicted molar refractivity (Wildman–Crippen MR) is 39.7 cm³/mol. The summed E-state index contributed by atoms with van der Waals surface area (Å²) in [7, 11) is 0. The third-order valence-electron chi connectivity index (χ3n) is 0.566. The zero-order chi connectivity index (χ0) is 4.24. The SMILES string of the molecule is I.[Hg+2].[I-].[I-].c1ccncc1. The first-order chi connectivity index (χ1) is 3.00. The molecular weight excluding hydrogens is 655 g/mol. The van der Waals surface area contributed by atoms with Crippen LogP contribution in [-0.2, 0) is 27.7 Å². The van der Waals surface area contributed by atoms with Crippen LogP contribution in [0.1, 0.15) is 0 Å². The summed E-state index contributed by atoms with van der Waals surface area (Å²) in [4.78, 5) is 3.78.